The molecule has 0 aliphatic rings. The Balaban J connectivity index is 1.89. The van der Waals surface area contributed by atoms with Crippen molar-refractivity contribution in [3.8, 4) is 33.5 Å². The zero-order valence-electron chi connectivity index (χ0n) is 13.6. The van der Waals surface area contributed by atoms with E-state index < -0.39 is 0 Å². The minimum atomic E-state index is -0.233. The number of halogens is 1. The highest BCUT2D eigenvalue weighted by Crippen LogP contribution is 2.35. The van der Waals surface area contributed by atoms with Crippen LogP contribution >= 0.6 is 0 Å². The Bertz CT molecular complexity index is 995. The second-order valence-corrected chi connectivity index (χ2v) is 5.82. The molecule has 0 N–H and O–H groups in total. The number of hydrogen-bond donors (Lipinski definition) is 0. The fourth-order valence-corrected chi connectivity index (χ4v) is 3.01. The summed E-state index contributed by atoms with van der Waals surface area (Å²) >= 11 is 0. The van der Waals surface area contributed by atoms with Crippen LogP contribution in [0.5, 0.6) is 0 Å². The molecule has 0 amide bonds. The van der Waals surface area contributed by atoms with E-state index in [1.54, 1.807) is 12.3 Å². The maximum absolute atomic E-state index is 14.6. The molecule has 4 aromatic rings. The molecule has 0 radical (unpaired) electrons. The molecule has 0 unspecified atom stereocenters. The molecule has 25 heavy (non-hydrogen) atoms. The summed E-state index contributed by atoms with van der Waals surface area (Å²) in [7, 11) is 0. The van der Waals surface area contributed by atoms with E-state index in [2.05, 4.69) is 4.98 Å². The highest BCUT2D eigenvalue weighted by Gasteiger charge is 2.12. The lowest BCUT2D eigenvalue weighted by Gasteiger charge is -2.12. The van der Waals surface area contributed by atoms with Gasteiger partial charge in [-0.1, -0.05) is 60.7 Å². The van der Waals surface area contributed by atoms with Gasteiger partial charge in [0, 0.05) is 17.3 Å². The second-order valence-electron chi connectivity index (χ2n) is 5.82. The third kappa shape index (κ3) is 3.07. The number of rotatable bonds is 3. The van der Waals surface area contributed by atoms with E-state index in [1.807, 2.05) is 78.9 Å². The van der Waals surface area contributed by atoms with Gasteiger partial charge in [0.05, 0.1) is 5.69 Å². The summed E-state index contributed by atoms with van der Waals surface area (Å²) in [6.45, 7) is 0. The number of nitrogens with zero attached hydrogens (tertiary/aromatic N) is 1. The summed E-state index contributed by atoms with van der Waals surface area (Å²) in [5.41, 5.74) is 5.29. The quantitative estimate of drug-likeness (QED) is 0.435. The molecule has 0 saturated carbocycles. The van der Waals surface area contributed by atoms with Gasteiger partial charge in [-0.05, 0) is 47.0 Å². The van der Waals surface area contributed by atoms with E-state index in [0.29, 0.717) is 5.56 Å². The van der Waals surface area contributed by atoms with Crippen molar-refractivity contribution in [3.63, 3.8) is 0 Å². The van der Waals surface area contributed by atoms with Crippen LogP contribution in [-0.2, 0) is 0 Å². The van der Waals surface area contributed by atoms with Crippen molar-refractivity contribution in [1.29, 1.82) is 0 Å². The Labute approximate surface area is 146 Å². The molecule has 0 saturated heterocycles. The van der Waals surface area contributed by atoms with Gasteiger partial charge in [0.15, 0.2) is 0 Å². The number of benzene rings is 3. The van der Waals surface area contributed by atoms with E-state index in [4.69, 9.17) is 0 Å². The predicted octanol–water partition coefficient (Wildman–Crippen LogP) is 6.22. The van der Waals surface area contributed by atoms with Crippen LogP contribution in [0.1, 0.15) is 0 Å². The van der Waals surface area contributed by atoms with Crippen LogP contribution in [0, 0.1) is 5.82 Å². The van der Waals surface area contributed by atoms with Crippen molar-refractivity contribution in [2.45, 2.75) is 0 Å². The smallest absolute Gasteiger partial charge is 0.131 e. The van der Waals surface area contributed by atoms with E-state index >= 15 is 0 Å². The van der Waals surface area contributed by atoms with Crippen molar-refractivity contribution in [1.82, 2.24) is 4.98 Å². The first-order valence-corrected chi connectivity index (χ1v) is 8.19. The predicted molar refractivity (Wildman–Crippen MR) is 101 cm³/mol. The molecule has 1 nitrogen and oxygen atoms in total. The molecule has 0 spiro atoms. The molecule has 2 heteroatoms. The summed E-state index contributed by atoms with van der Waals surface area (Å²) in [5.74, 6) is -0.233. The number of hydrogen-bond acceptors (Lipinski definition) is 1. The molecule has 1 aromatic heterocycles. The van der Waals surface area contributed by atoms with Crippen LogP contribution in [0.25, 0.3) is 33.5 Å². The molecule has 0 aliphatic carbocycles. The number of aromatic nitrogens is 1. The van der Waals surface area contributed by atoms with Gasteiger partial charge in [-0.2, -0.15) is 0 Å². The Hall–Kier alpha value is -3.26. The Kier molecular flexibility index (Phi) is 4.09. The van der Waals surface area contributed by atoms with Crippen LogP contribution < -0.4 is 0 Å². The summed E-state index contributed by atoms with van der Waals surface area (Å²) in [6.07, 6.45) is 1.75. The first-order valence-electron chi connectivity index (χ1n) is 8.19. The molecule has 120 valence electrons. The molecular formula is C23H16FN. The van der Waals surface area contributed by atoms with E-state index in [-0.39, 0.29) is 5.82 Å². The minimum Gasteiger partial charge on any atom is -0.256 e. The maximum atomic E-state index is 14.6. The summed E-state index contributed by atoms with van der Waals surface area (Å²) in [4.78, 5) is 4.37. The first kappa shape index (κ1) is 15.3. The highest BCUT2D eigenvalue weighted by molar-refractivity contribution is 5.85. The fourth-order valence-electron chi connectivity index (χ4n) is 3.01. The fraction of sp³-hybridized carbons (Fsp3) is 0. The summed E-state index contributed by atoms with van der Waals surface area (Å²) < 4.78 is 14.6. The standard InChI is InChI=1S/C23H16FN/c24-22-14-13-18(23-12-6-7-15-25-23)16-21(22)20-11-5-4-10-19(20)17-8-2-1-3-9-17/h1-16H. The monoisotopic (exact) mass is 325 g/mol. The van der Waals surface area contributed by atoms with Gasteiger partial charge >= 0.3 is 0 Å². The van der Waals surface area contributed by atoms with Crippen molar-refractivity contribution >= 4 is 0 Å². The van der Waals surface area contributed by atoms with Gasteiger partial charge in [0.25, 0.3) is 0 Å². The minimum absolute atomic E-state index is 0.233. The van der Waals surface area contributed by atoms with Crippen LogP contribution in [0.4, 0.5) is 4.39 Å². The SMILES string of the molecule is Fc1ccc(-c2ccccn2)cc1-c1ccccc1-c1ccccc1. The highest BCUT2D eigenvalue weighted by atomic mass is 19.1. The molecule has 0 atom stereocenters. The zero-order chi connectivity index (χ0) is 17.1. The zero-order valence-corrected chi connectivity index (χ0v) is 13.6. The van der Waals surface area contributed by atoms with Crippen LogP contribution in [0.3, 0.4) is 0 Å². The molecule has 4 rings (SSSR count). The molecule has 0 fully saturated rings. The summed E-state index contributed by atoms with van der Waals surface area (Å²) in [5, 5.41) is 0. The Morgan fingerprint density at radius 2 is 1.28 bits per heavy atom. The molecular weight excluding hydrogens is 309 g/mol. The van der Waals surface area contributed by atoms with Gasteiger partial charge in [-0.3, -0.25) is 4.98 Å². The summed E-state index contributed by atoms with van der Waals surface area (Å²) in [6, 6.07) is 28.9. The molecule has 1 heterocycles. The molecule has 0 aliphatic heterocycles. The van der Waals surface area contributed by atoms with Gasteiger partial charge < -0.3 is 0 Å². The van der Waals surface area contributed by atoms with Crippen molar-refractivity contribution in [2.24, 2.45) is 0 Å². The lowest BCUT2D eigenvalue weighted by molar-refractivity contribution is 0.631. The Morgan fingerprint density at radius 1 is 0.560 bits per heavy atom. The largest absolute Gasteiger partial charge is 0.256 e. The second kappa shape index (κ2) is 6.70. The van der Waals surface area contributed by atoms with Crippen molar-refractivity contribution < 1.29 is 4.39 Å². The van der Waals surface area contributed by atoms with Gasteiger partial charge in [0.1, 0.15) is 5.82 Å². The van der Waals surface area contributed by atoms with E-state index in [0.717, 1.165) is 27.9 Å². The van der Waals surface area contributed by atoms with Crippen molar-refractivity contribution in [2.75, 3.05) is 0 Å². The molecule has 3 aromatic carbocycles. The van der Waals surface area contributed by atoms with Crippen LogP contribution in [0.15, 0.2) is 97.2 Å². The van der Waals surface area contributed by atoms with Gasteiger partial charge in [0.2, 0.25) is 0 Å². The molecule has 0 bridgehead atoms. The third-order valence-corrected chi connectivity index (χ3v) is 4.23. The first-order chi connectivity index (χ1) is 12.3. The maximum Gasteiger partial charge on any atom is 0.131 e. The lowest BCUT2D eigenvalue weighted by Crippen LogP contribution is -1.91. The van der Waals surface area contributed by atoms with E-state index in [1.165, 1.54) is 6.07 Å². The number of pyridine rings is 1. The lowest BCUT2D eigenvalue weighted by atomic mass is 9.93. The van der Waals surface area contributed by atoms with Crippen LogP contribution in [0.2, 0.25) is 0 Å². The third-order valence-electron chi connectivity index (χ3n) is 4.23. The topological polar surface area (TPSA) is 12.9 Å². The average molecular weight is 325 g/mol. The van der Waals surface area contributed by atoms with E-state index in [9.17, 15) is 4.39 Å². The van der Waals surface area contributed by atoms with Crippen molar-refractivity contribution in [3.05, 3.63) is 103 Å². The van der Waals surface area contributed by atoms with Crippen LogP contribution in [-0.4, -0.2) is 4.98 Å². The average Bonchev–Trinajstić information content (AvgIpc) is 2.70. The normalized spacial score (nSPS) is 10.6. The Morgan fingerprint density at radius 3 is 2.04 bits per heavy atom. The van der Waals surface area contributed by atoms with Gasteiger partial charge in [-0.25, -0.2) is 4.39 Å². The van der Waals surface area contributed by atoms with Gasteiger partial charge in [-0.15, -0.1) is 0 Å².